The van der Waals surface area contributed by atoms with Gasteiger partial charge in [-0.1, -0.05) is 48.2 Å². The summed E-state index contributed by atoms with van der Waals surface area (Å²) in [7, 11) is -3.91. The number of fused-ring (bicyclic) bond motifs is 3. The van der Waals surface area contributed by atoms with Crippen LogP contribution in [-0.2, 0) is 47.0 Å². The molecule has 52 heavy (non-hydrogen) atoms. The number of rotatable bonds is 5. The van der Waals surface area contributed by atoms with E-state index in [1.54, 1.807) is 32.9 Å². The van der Waals surface area contributed by atoms with E-state index in [1.807, 2.05) is 12.2 Å². The fourth-order valence-electron chi connectivity index (χ4n) is 7.03. The van der Waals surface area contributed by atoms with Crippen molar-refractivity contribution >= 4 is 63.1 Å². The maximum absolute atomic E-state index is 14.3. The number of benzene rings is 1. The molecule has 284 valence electrons. The van der Waals surface area contributed by atoms with Crippen molar-refractivity contribution in [2.75, 3.05) is 6.54 Å². The smallest absolute Gasteiger partial charge is 0.410 e. The molecule has 14 nitrogen and oxygen atoms in total. The fraction of sp³-hybridized carbons (Fsp3) is 0.629. The van der Waals surface area contributed by atoms with E-state index < -0.39 is 80.4 Å². The Morgan fingerprint density at radius 3 is 2.31 bits per heavy atom. The third-order valence-corrected chi connectivity index (χ3v) is 12.6. The molecule has 0 bridgehead atoms. The minimum Gasteiger partial charge on any atom is -0.444 e. The zero-order valence-corrected chi connectivity index (χ0v) is 31.7. The second-order valence-corrected chi connectivity index (χ2v) is 18.1. The van der Waals surface area contributed by atoms with E-state index in [4.69, 9.17) is 32.7 Å². The van der Waals surface area contributed by atoms with Crippen molar-refractivity contribution < 1.29 is 41.9 Å². The van der Waals surface area contributed by atoms with Crippen LogP contribution in [0.2, 0.25) is 10.0 Å². The molecule has 0 aromatic heterocycles. The fourth-order valence-corrected chi connectivity index (χ4v) is 8.77. The largest absolute Gasteiger partial charge is 0.444 e. The van der Waals surface area contributed by atoms with Crippen LogP contribution in [0.15, 0.2) is 24.3 Å². The first kappa shape index (κ1) is 38.2. The highest BCUT2D eigenvalue weighted by atomic mass is 35.5. The minimum absolute atomic E-state index is 0.0977. The van der Waals surface area contributed by atoms with E-state index in [2.05, 4.69) is 15.4 Å². The van der Waals surface area contributed by atoms with Gasteiger partial charge in [0.1, 0.15) is 29.3 Å². The predicted molar refractivity (Wildman–Crippen MR) is 191 cm³/mol. The molecule has 17 heteroatoms. The van der Waals surface area contributed by atoms with E-state index in [0.29, 0.717) is 35.7 Å². The van der Waals surface area contributed by atoms with Gasteiger partial charge in [0, 0.05) is 25.4 Å². The van der Waals surface area contributed by atoms with Crippen LogP contribution in [0.25, 0.3) is 0 Å². The molecule has 0 unspecified atom stereocenters. The number of hydrogen-bond acceptors (Lipinski definition) is 9. The van der Waals surface area contributed by atoms with Crippen LogP contribution >= 0.6 is 23.2 Å². The lowest BCUT2D eigenvalue weighted by molar-refractivity contribution is -0.141. The van der Waals surface area contributed by atoms with Gasteiger partial charge in [0.05, 0.1) is 21.8 Å². The molecule has 5 atom stereocenters. The lowest BCUT2D eigenvalue weighted by atomic mass is 10.0. The molecule has 2 saturated carbocycles. The summed E-state index contributed by atoms with van der Waals surface area (Å²) in [5.74, 6) is -2.57. The van der Waals surface area contributed by atoms with Crippen LogP contribution in [0.5, 0.6) is 0 Å². The number of hydrogen-bond donors (Lipinski definition) is 3. The quantitative estimate of drug-likeness (QED) is 0.367. The average molecular weight is 783 g/mol. The van der Waals surface area contributed by atoms with Crippen molar-refractivity contribution in [2.45, 2.75) is 126 Å². The van der Waals surface area contributed by atoms with E-state index in [9.17, 15) is 32.4 Å². The van der Waals surface area contributed by atoms with Gasteiger partial charge in [-0.15, -0.1) is 0 Å². The first-order chi connectivity index (χ1) is 24.5. The van der Waals surface area contributed by atoms with Gasteiger partial charge in [-0.25, -0.2) is 18.0 Å². The molecule has 0 radical (unpaired) electrons. The topological polar surface area (TPSA) is 181 Å². The molecule has 3 aliphatic heterocycles. The molecule has 0 spiro atoms. The van der Waals surface area contributed by atoms with Gasteiger partial charge in [0.25, 0.3) is 5.91 Å². The maximum Gasteiger partial charge on any atom is 0.410 e. The molecule has 1 saturated heterocycles. The first-order valence-corrected chi connectivity index (χ1v) is 20.0. The summed E-state index contributed by atoms with van der Waals surface area (Å²) in [6, 6.07) is 1.13. The first-order valence-electron chi connectivity index (χ1n) is 17.7. The van der Waals surface area contributed by atoms with Gasteiger partial charge < -0.3 is 25.0 Å². The van der Waals surface area contributed by atoms with Crippen LogP contribution in [0, 0.1) is 5.92 Å². The number of carbonyl (C=O) groups is 5. The van der Waals surface area contributed by atoms with E-state index >= 15 is 0 Å². The molecular formula is C35H45Cl2N5O9S. The number of amides is 5. The Morgan fingerprint density at radius 1 is 1.00 bits per heavy atom. The molecule has 5 amide bonds. The van der Waals surface area contributed by atoms with Gasteiger partial charge in [-0.05, 0) is 82.6 Å². The molecule has 3 heterocycles. The summed E-state index contributed by atoms with van der Waals surface area (Å²) in [6.07, 6.45) is 5.36. The van der Waals surface area contributed by atoms with Crippen molar-refractivity contribution in [1.82, 2.24) is 25.2 Å². The number of allylic oxidation sites excluding steroid dienone is 1. The van der Waals surface area contributed by atoms with Crippen molar-refractivity contribution in [3.8, 4) is 0 Å². The zero-order chi connectivity index (χ0) is 37.6. The molecule has 3 fully saturated rings. The van der Waals surface area contributed by atoms with E-state index in [0.717, 1.165) is 24.0 Å². The number of nitrogens with one attached hydrogen (secondary N) is 3. The molecular weight excluding hydrogens is 737 g/mol. The summed E-state index contributed by atoms with van der Waals surface area (Å²) >= 11 is 12.4. The van der Waals surface area contributed by atoms with Crippen LogP contribution in [0.1, 0.15) is 89.7 Å². The lowest BCUT2D eigenvalue weighted by Gasteiger charge is -2.30. The molecule has 6 rings (SSSR count). The molecule has 2 aliphatic carbocycles. The monoisotopic (exact) mass is 781 g/mol. The van der Waals surface area contributed by atoms with Crippen molar-refractivity contribution in [3.05, 3.63) is 45.5 Å². The summed E-state index contributed by atoms with van der Waals surface area (Å²) in [5.41, 5.74) is -0.742. The SMILES string of the molecule is CC(C)(C)OC(=O)N[C@@H]1CCCCCC=C[C@@H]2C[C@@]2(C(=O)NS(=O)(=O)C2CC2)NC(=O)[C@@H]2C[C@@H](OC(=O)N3Cc4cc(Cl)c(Cl)cc4C3)CN2C1=O. The van der Waals surface area contributed by atoms with Gasteiger partial charge in [-0.3, -0.25) is 24.0 Å². The summed E-state index contributed by atoms with van der Waals surface area (Å²) < 4.78 is 39.0. The number of alkyl carbamates (subject to hydrolysis) is 1. The Balaban J connectivity index is 1.25. The Morgan fingerprint density at radius 2 is 1.67 bits per heavy atom. The number of carbonyl (C=O) groups excluding carboxylic acids is 5. The highest BCUT2D eigenvalue weighted by Gasteiger charge is 2.62. The van der Waals surface area contributed by atoms with Crippen molar-refractivity contribution in [1.29, 1.82) is 0 Å². The standard InChI is InChI=1S/C35H45Cl2N5O9S/c1-34(2,3)51-32(46)38-27-10-8-6-4-5-7-9-22-16-35(22,31(45)40-52(48,49)24-11-12-24)39-29(43)28-15-23(19-42(28)30(27)44)50-33(47)41-17-20-13-25(36)26(37)14-21(20)18-41/h7,9,13-14,22-24,27-28H,4-6,8,10-12,15-19H2,1-3H3,(H,38,46)(H,39,43)(H,40,45)/t22-,23-,27-,28+,35-/m1/s1. The maximum atomic E-state index is 14.3. The number of sulfonamides is 1. The highest BCUT2D eigenvalue weighted by Crippen LogP contribution is 2.46. The lowest BCUT2D eigenvalue weighted by Crippen LogP contribution is -2.58. The summed E-state index contributed by atoms with van der Waals surface area (Å²) in [4.78, 5) is 71.2. The highest BCUT2D eigenvalue weighted by molar-refractivity contribution is 7.91. The Hall–Kier alpha value is -3.56. The Bertz CT molecular complexity index is 1750. The van der Waals surface area contributed by atoms with Crippen molar-refractivity contribution in [3.63, 3.8) is 0 Å². The normalized spacial score (nSPS) is 28.0. The zero-order valence-electron chi connectivity index (χ0n) is 29.4. The van der Waals surface area contributed by atoms with Crippen LogP contribution < -0.4 is 15.4 Å². The average Bonchev–Trinajstić information content (AvgIpc) is 3.94. The van der Waals surface area contributed by atoms with E-state index in [-0.39, 0.29) is 38.9 Å². The number of halogens is 2. The summed E-state index contributed by atoms with van der Waals surface area (Å²) in [6.45, 7) is 5.39. The third kappa shape index (κ3) is 8.62. The summed E-state index contributed by atoms with van der Waals surface area (Å²) in [5, 5.41) is 5.56. The molecule has 3 N–H and O–H groups in total. The van der Waals surface area contributed by atoms with E-state index in [1.165, 1.54) is 9.80 Å². The predicted octanol–water partition coefficient (Wildman–Crippen LogP) is 4.31. The second-order valence-electron chi connectivity index (χ2n) is 15.4. The van der Waals surface area contributed by atoms with Gasteiger partial charge >= 0.3 is 12.2 Å². The van der Waals surface area contributed by atoms with Gasteiger partial charge in [0.2, 0.25) is 21.8 Å². The van der Waals surface area contributed by atoms with Gasteiger partial charge in [-0.2, -0.15) is 0 Å². The number of ether oxygens (including phenoxy) is 2. The van der Waals surface area contributed by atoms with Crippen molar-refractivity contribution in [2.24, 2.45) is 5.92 Å². The second kappa shape index (κ2) is 14.7. The Kier molecular flexibility index (Phi) is 10.8. The van der Waals surface area contributed by atoms with Crippen LogP contribution in [0.4, 0.5) is 9.59 Å². The third-order valence-electron chi connectivity index (χ3n) is 10.0. The minimum atomic E-state index is -3.91. The molecule has 1 aromatic rings. The van der Waals surface area contributed by atoms with Gasteiger partial charge in [0.15, 0.2) is 0 Å². The molecule has 5 aliphatic rings. The Labute approximate surface area is 313 Å². The molecule has 1 aromatic carbocycles. The van der Waals surface area contributed by atoms with Crippen LogP contribution in [0.3, 0.4) is 0 Å². The van der Waals surface area contributed by atoms with Crippen LogP contribution in [-0.4, -0.2) is 89.2 Å². The number of nitrogens with zero attached hydrogens (tertiary/aromatic N) is 2.